The molecule has 2 aromatic carbocycles. The molecule has 0 atom stereocenters. The van der Waals surface area contributed by atoms with Crippen molar-refractivity contribution in [3.63, 3.8) is 0 Å². The highest BCUT2D eigenvalue weighted by atomic mass is 16.5. The van der Waals surface area contributed by atoms with Gasteiger partial charge in [0.1, 0.15) is 5.56 Å². The molecule has 1 aliphatic rings. The Balaban J connectivity index is 1.35. The molecule has 1 fully saturated rings. The molecule has 1 saturated heterocycles. The van der Waals surface area contributed by atoms with Crippen LogP contribution in [0.3, 0.4) is 0 Å². The second-order valence-corrected chi connectivity index (χ2v) is 8.37. The van der Waals surface area contributed by atoms with Crippen molar-refractivity contribution in [3.8, 4) is 11.4 Å². The normalized spacial score (nSPS) is 14.0. The summed E-state index contributed by atoms with van der Waals surface area (Å²) in [6, 6.07) is 16.9. The van der Waals surface area contributed by atoms with E-state index in [0.717, 1.165) is 22.8 Å². The fourth-order valence-electron chi connectivity index (χ4n) is 4.64. The molecule has 0 unspecified atom stereocenters. The zero-order valence-electron chi connectivity index (χ0n) is 19.4. The van der Waals surface area contributed by atoms with Crippen molar-refractivity contribution in [2.24, 2.45) is 0 Å². The first-order valence-corrected chi connectivity index (χ1v) is 11.2. The van der Waals surface area contributed by atoms with Gasteiger partial charge in [-0.1, -0.05) is 30.3 Å². The minimum Gasteiger partial charge on any atom is -0.493 e. The lowest BCUT2D eigenvalue weighted by Gasteiger charge is -2.36. The van der Waals surface area contributed by atoms with Gasteiger partial charge in [-0.15, -0.1) is 0 Å². The number of benzene rings is 2. The summed E-state index contributed by atoms with van der Waals surface area (Å²) >= 11 is 0. The van der Waals surface area contributed by atoms with E-state index in [0.29, 0.717) is 42.9 Å². The van der Waals surface area contributed by atoms with Crippen LogP contribution in [0.4, 0.5) is 5.69 Å². The number of piperazine rings is 1. The quantitative estimate of drug-likeness (QED) is 0.435. The molecule has 8 nitrogen and oxygen atoms in total. The summed E-state index contributed by atoms with van der Waals surface area (Å²) in [6.45, 7) is 6.39. The Hall–Kier alpha value is -4.07. The molecule has 34 heavy (non-hydrogen) atoms. The number of aromatic nitrogens is 2. The SMILES string of the molecule is COc1cccc2cc(C(=O)N3CCN(c4c(C)nn(-c5ccccc5)c4C)CC3)c(=O)oc12. The summed E-state index contributed by atoms with van der Waals surface area (Å²) in [5.74, 6) is 0.149. The van der Waals surface area contributed by atoms with E-state index in [1.807, 2.05) is 41.9 Å². The number of hydrogen-bond acceptors (Lipinski definition) is 6. The lowest BCUT2D eigenvalue weighted by atomic mass is 10.1. The molecule has 3 heterocycles. The van der Waals surface area contributed by atoms with Crippen molar-refractivity contribution >= 4 is 22.6 Å². The molecule has 1 amide bonds. The molecular formula is C26H26N4O4. The van der Waals surface area contributed by atoms with Crippen LogP contribution in [0, 0.1) is 13.8 Å². The van der Waals surface area contributed by atoms with Crippen LogP contribution in [0.2, 0.25) is 0 Å². The van der Waals surface area contributed by atoms with Gasteiger partial charge in [-0.2, -0.15) is 5.10 Å². The van der Waals surface area contributed by atoms with Crippen molar-refractivity contribution in [2.45, 2.75) is 13.8 Å². The van der Waals surface area contributed by atoms with E-state index in [4.69, 9.17) is 14.3 Å². The van der Waals surface area contributed by atoms with Crippen LogP contribution in [0.1, 0.15) is 21.7 Å². The van der Waals surface area contributed by atoms with Crippen LogP contribution in [0.25, 0.3) is 16.7 Å². The van der Waals surface area contributed by atoms with E-state index in [9.17, 15) is 9.59 Å². The van der Waals surface area contributed by atoms with Crippen molar-refractivity contribution in [3.05, 3.63) is 82.0 Å². The summed E-state index contributed by atoms with van der Waals surface area (Å²) in [4.78, 5) is 29.8. The summed E-state index contributed by atoms with van der Waals surface area (Å²) in [6.07, 6.45) is 0. The average Bonchev–Trinajstić information content (AvgIpc) is 3.17. The van der Waals surface area contributed by atoms with Crippen molar-refractivity contribution in [1.82, 2.24) is 14.7 Å². The van der Waals surface area contributed by atoms with E-state index >= 15 is 0 Å². The van der Waals surface area contributed by atoms with Gasteiger partial charge >= 0.3 is 5.63 Å². The number of nitrogens with zero attached hydrogens (tertiary/aromatic N) is 4. The predicted molar refractivity (Wildman–Crippen MR) is 130 cm³/mol. The van der Waals surface area contributed by atoms with Gasteiger partial charge in [-0.05, 0) is 38.1 Å². The first-order chi connectivity index (χ1) is 16.5. The highest BCUT2D eigenvalue weighted by molar-refractivity contribution is 5.97. The van der Waals surface area contributed by atoms with Crippen LogP contribution >= 0.6 is 0 Å². The van der Waals surface area contributed by atoms with Crippen molar-refractivity contribution in [2.75, 3.05) is 38.2 Å². The van der Waals surface area contributed by atoms with E-state index in [1.165, 1.54) is 7.11 Å². The van der Waals surface area contributed by atoms with Gasteiger partial charge in [0.15, 0.2) is 11.3 Å². The van der Waals surface area contributed by atoms with E-state index in [1.54, 1.807) is 29.2 Å². The van der Waals surface area contributed by atoms with E-state index in [2.05, 4.69) is 11.8 Å². The highest BCUT2D eigenvalue weighted by Gasteiger charge is 2.28. The minimum atomic E-state index is -0.653. The molecule has 5 rings (SSSR count). The number of aryl methyl sites for hydroxylation is 1. The smallest absolute Gasteiger partial charge is 0.349 e. The molecule has 2 aromatic heterocycles. The predicted octanol–water partition coefficient (Wildman–Crippen LogP) is 3.57. The molecule has 0 aliphatic carbocycles. The fraction of sp³-hybridized carbons (Fsp3) is 0.269. The first kappa shape index (κ1) is 21.8. The Morgan fingerprint density at radius 1 is 1.00 bits per heavy atom. The standard InChI is InChI=1S/C26H26N4O4/c1-17-23(18(2)30(27-17)20-9-5-4-6-10-20)28-12-14-29(15-13-28)25(31)21-16-19-8-7-11-22(33-3)24(19)34-26(21)32/h4-11,16H,12-15H2,1-3H3. The number of fused-ring (bicyclic) bond motifs is 1. The van der Waals surface area contributed by atoms with Crippen LogP contribution in [-0.4, -0.2) is 53.9 Å². The lowest BCUT2D eigenvalue weighted by molar-refractivity contribution is 0.0742. The Bertz CT molecular complexity index is 1420. The zero-order chi connectivity index (χ0) is 23.8. The van der Waals surface area contributed by atoms with Gasteiger partial charge < -0.3 is 19.0 Å². The molecule has 0 saturated carbocycles. The molecule has 1 aliphatic heterocycles. The number of methoxy groups -OCH3 is 1. The minimum absolute atomic E-state index is 0.0402. The molecule has 0 bridgehead atoms. The number of hydrogen-bond donors (Lipinski definition) is 0. The third-order valence-electron chi connectivity index (χ3n) is 6.31. The summed E-state index contributed by atoms with van der Waals surface area (Å²) in [7, 11) is 1.51. The molecule has 4 aromatic rings. The Morgan fingerprint density at radius 2 is 1.74 bits per heavy atom. The van der Waals surface area contributed by atoms with Crippen LogP contribution in [0.5, 0.6) is 5.75 Å². The van der Waals surface area contributed by atoms with Crippen molar-refractivity contribution < 1.29 is 13.9 Å². The van der Waals surface area contributed by atoms with Gasteiger partial charge in [0.05, 0.1) is 29.9 Å². The monoisotopic (exact) mass is 458 g/mol. The van der Waals surface area contributed by atoms with Crippen LogP contribution < -0.4 is 15.3 Å². The summed E-state index contributed by atoms with van der Waals surface area (Å²) in [5.41, 5.74) is 3.85. The largest absolute Gasteiger partial charge is 0.493 e. The number of anilines is 1. The van der Waals surface area contributed by atoms with Gasteiger partial charge in [-0.3, -0.25) is 4.79 Å². The Morgan fingerprint density at radius 3 is 2.44 bits per heavy atom. The van der Waals surface area contributed by atoms with E-state index < -0.39 is 5.63 Å². The third kappa shape index (κ3) is 3.71. The topological polar surface area (TPSA) is 80.8 Å². The molecular weight excluding hydrogens is 432 g/mol. The maximum Gasteiger partial charge on any atom is 0.349 e. The Labute approximate surface area is 197 Å². The second-order valence-electron chi connectivity index (χ2n) is 8.37. The number of rotatable bonds is 4. The van der Waals surface area contributed by atoms with Crippen molar-refractivity contribution in [1.29, 1.82) is 0 Å². The van der Waals surface area contributed by atoms with Gasteiger partial charge in [0, 0.05) is 31.6 Å². The molecule has 8 heteroatoms. The molecule has 174 valence electrons. The third-order valence-corrected chi connectivity index (χ3v) is 6.31. The lowest BCUT2D eigenvalue weighted by Crippen LogP contribution is -2.49. The second kappa shape index (κ2) is 8.70. The summed E-state index contributed by atoms with van der Waals surface area (Å²) in [5, 5.41) is 5.40. The number of ether oxygens (including phenoxy) is 1. The molecule has 0 radical (unpaired) electrons. The first-order valence-electron chi connectivity index (χ1n) is 11.2. The van der Waals surface area contributed by atoms with Crippen LogP contribution in [-0.2, 0) is 0 Å². The highest BCUT2D eigenvalue weighted by Crippen LogP contribution is 2.28. The zero-order valence-corrected chi connectivity index (χ0v) is 19.4. The van der Waals surface area contributed by atoms with Gasteiger partial charge in [0.25, 0.3) is 5.91 Å². The summed E-state index contributed by atoms with van der Waals surface area (Å²) < 4.78 is 12.7. The molecule has 0 spiro atoms. The number of para-hydroxylation sites is 2. The maximum atomic E-state index is 13.2. The Kier molecular flexibility index (Phi) is 5.57. The van der Waals surface area contributed by atoms with Gasteiger partial charge in [-0.25, -0.2) is 9.48 Å². The number of amides is 1. The maximum absolute atomic E-state index is 13.2. The number of carbonyl (C=O) groups is 1. The number of carbonyl (C=O) groups excluding carboxylic acids is 1. The van der Waals surface area contributed by atoms with Crippen LogP contribution in [0.15, 0.2) is 63.8 Å². The van der Waals surface area contributed by atoms with E-state index in [-0.39, 0.29) is 11.5 Å². The fourth-order valence-corrected chi connectivity index (χ4v) is 4.64. The van der Waals surface area contributed by atoms with Gasteiger partial charge in [0.2, 0.25) is 0 Å². The molecule has 0 N–H and O–H groups in total. The average molecular weight is 459 g/mol.